The minimum atomic E-state index is -0.163. The maximum Gasteiger partial charge on any atom is 0.255 e. The number of nitrogens with zero attached hydrogens (tertiary/aromatic N) is 1. The van der Waals surface area contributed by atoms with Crippen LogP contribution >= 0.6 is 0 Å². The Morgan fingerprint density at radius 1 is 1.29 bits per heavy atom. The molecule has 1 aromatic heterocycles. The number of anilines is 1. The SMILES string of the molecule is CNc1cc(C)ncc1C(=O)NCCOc1ccccc1. The fourth-order valence-corrected chi connectivity index (χ4v) is 1.89. The van der Waals surface area contributed by atoms with Crippen LogP contribution in [0.15, 0.2) is 42.6 Å². The van der Waals surface area contributed by atoms with E-state index in [2.05, 4.69) is 15.6 Å². The van der Waals surface area contributed by atoms with E-state index in [-0.39, 0.29) is 5.91 Å². The lowest BCUT2D eigenvalue weighted by Gasteiger charge is -2.11. The van der Waals surface area contributed by atoms with Crippen LogP contribution in [0.4, 0.5) is 5.69 Å². The summed E-state index contributed by atoms with van der Waals surface area (Å²) in [7, 11) is 1.78. The van der Waals surface area contributed by atoms with Gasteiger partial charge in [-0.05, 0) is 25.1 Å². The first-order valence-electron chi connectivity index (χ1n) is 6.81. The van der Waals surface area contributed by atoms with Crippen molar-refractivity contribution in [3.63, 3.8) is 0 Å². The molecule has 0 saturated carbocycles. The highest BCUT2D eigenvalue weighted by molar-refractivity contribution is 5.99. The summed E-state index contributed by atoms with van der Waals surface area (Å²) in [5, 5.41) is 5.82. The number of rotatable bonds is 6. The van der Waals surface area contributed by atoms with Crippen molar-refractivity contribution in [1.82, 2.24) is 10.3 Å². The first kappa shape index (κ1) is 14.8. The fraction of sp³-hybridized carbons (Fsp3) is 0.250. The van der Waals surface area contributed by atoms with E-state index in [4.69, 9.17) is 4.74 Å². The summed E-state index contributed by atoms with van der Waals surface area (Å²) in [5.74, 6) is 0.628. The molecule has 0 radical (unpaired) electrons. The van der Waals surface area contributed by atoms with E-state index in [0.29, 0.717) is 18.7 Å². The number of amides is 1. The van der Waals surface area contributed by atoms with Crippen molar-refractivity contribution >= 4 is 11.6 Å². The van der Waals surface area contributed by atoms with Gasteiger partial charge in [-0.15, -0.1) is 0 Å². The summed E-state index contributed by atoms with van der Waals surface area (Å²) >= 11 is 0. The Morgan fingerprint density at radius 3 is 2.76 bits per heavy atom. The molecule has 1 heterocycles. The predicted octanol–water partition coefficient (Wildman–Crippen LogP) is 2.24. The summed E-state index contributed by atoms with van der Waals surface area (Å²) in [4.78, 5) is 16.3. The second-order valence-corrected chi connectivity index (χ2v) is 4.54. The molecule has 110 valence electrons. The van der Waals surface area contributed by atoms with Crippen LogP contribution in [0.1, 0.15) is 16.1 Å². The molecule has 21 heavy (non-hydrogen) atoms. The van der Waals surface area contributed by atoms with Crippen LogP contribution in [-0.4, -0.2) is 31.1 Å². The van der Waals surface area contributed by atoms with Crippen molar-refractivity contribution in [2.24, 2.45) is 0 Å². The van der Waals surface area contributed by atoms with Crippen LogP contribution in [-0.2, 0) is 0 Å². The fourth-order valence-electron chi connectivity index (χ4n) is 1.89. The van der Waals surface area contributed by atoms with Crippen LogP contribution in [0.2, 0.25) is 0 Å². The molecule has 0 unspecified atom stereocenters. The molecule has 0 aliphatic carbocycles. The number of aromatic nitrogens is 1. The van der Waals surface area contributed by atoms with Crippen LogP contribution < -0.4 is 15.4 Å². The third kappa shape index (κ3) is 4.21. The molecule has 5 heteroatoms. The van der Waals surface area contributed by atoms with Gasteiger partial charge in [-0.2, -0.15) is 0 Å². The number of aryl methyl sites for hydroxylation is 1. The number of para-hydroxylation sites is 1. The van der Waals surface area contributed by atoms with Gasteiger partial charge in [0.2, 0.25) is 0 Å². The van der Waals surface area contributed by atoms with Crippen LogP contribution in [0.25, 0.3) is 0 Å². The largest absolute Gasteiger partial charge is 0.492 e. The average molecular weight is 285 g/mol. The topological polar surface area (TPSA) is 63.2 Å². The van der Waals surface area contributed by atoms with Gasteiger partial charge in [0.1, 0.15) is 12.4 Å². The molecule has 1 amide bonds. The highest BCUT2D eigenvalue weighted by Gasteiger charge is 2.11. The summed E-state index contributed by atoms with van der Waals surface area (Å²) < 4.78 is 5.52. The van der Waals surface area contributed by atoms with Gasteiger partial charge in [0.05, 0.1) is 17.8 Å². The predicted molar refractivity (Wildman–Crippen MR) is 82.8 cm³/mol. The molecule has 0 spiro atoms. The van der Waals surface area contributed by atoms with Crippen molar-refractivity contribution in [3.05, 3.63) is 53.9 Å². The second kappa shape index (κ2) is 7.28. The zero-order chi connectivity index (χ0) is 15.1. The number of pyridine rings is 1. The van der Waals surface area contributed by atoms with E-state index < -0.39 is 0 Å². The Labute approximate surface area is 124 Å². The number of hydrogen-bond donors (Lipinski definition) is 2. The smallest absolute Gasteiger partial charge is 0.255 e. The van der Waals surface area contributed by atoms with Crippen LogP contribution in [0.5, 0.6) is 5.75 Å². The van der Waals surface area contributed by atoms with Gasteiger partial charge in [-0.1, -0.05) is 18.2 Å². The Morgan fingerprint density at radius 2 is 2.05 bits per heavy atom. The number of nitrogens with one attached hydrogen (secondary N) is 2. The quantitative estimate of drug-likeness (QED) is 0.799. The third-order valence-corrected chi connectivity index (χ3v) is 2.95. The monoisotopic (exact) mass is 285 g/mol. The number of benzene rings is 1. The summed E-state index contributed by atoms with van der Waals surface area (Å²) in [6.07, 6.45) is 1.58. The maximum atomic E-state index is 12.1. The molecular weight excluding hydrogens is 266 g/mol. The molecule has 0 saturated heterocycles. The molecule has 5 nitrogen and oxygen atoms in total. The molecule has 0 atom stereocenters. The molecule has 1 aromatic carbocycles. The molecule has 0 bridgehead atoms. The lowest BCUT2D eigenvalue weighted by atomic mass is 10.2. The molecule has 0 aliphatic heterocycles. The van der Waals surface area contributed by atoms with Gasteiger partial charge < -0.3 is 15.4 Å². The van der Waals surface area contributed by atoms with Crippen molar-refractivity contribution < 1.29 is 9.53 Å². The molecule has 2 rings (SSSR count). The maximum absolute atomic E-state index is 12.1. The first-order chi connectivity index (χ1) is 10.2. The lowest BCUT2D eigenvalue weighted by molar-refractivity contribution is 0.0947. The van der Waals surface area contributed by atoms with E-state index in [1.807, 2.05) is 43.3 Å². The van der Waals surface area contributed by atoms with Gasteiger partial charge in [-0.25, -0.2) is 0 Å². The van der Waals surface area contributed by atoms with E-state index in [1.165, 1.54) is 0 Å². The number of ether oxygens (including phenoxy) is 1. The van der Waals surface area contributed by atoms with Crippen LogP contribution in [0.3, 0.4) is 0 Å². The minimum absolute atomic E-state index is 0.163. The number of carbonyl (C=O) groups excluding carboxylic acids is 1. The average Bonchev–Trinajstić information content (AvgIpc) is 2.52. The zero-order valence-corrected chi connectivity index (χ0v) is 12.2. The van der Waals surface area contributed by atoms with E-state index in [1.54, 1.807) is 13.2 Å². The van der Waals surface area contributed by atoms with Gasteiger partial charge in [0, 0.05) is 18.9 Å². The summed E-state index contributed by atoms with van der Waals surface area (Å²) in [6.45, 7) is 2.74. The minimum Gasteiger partial charge on any atom is -0.492 e. The third-order valence-electron chi connectivity index (χ3n) is 2.95. The van der Waals surface area contributed by atoms with Crippen molar-refractivity contribution in [1.29, 1.82) is 0 Å². The standard InChI is InChI=1S/C16H19N3O2/c1-12-10-15(17-2)14(11-19-12)16(20)18-8-9-21-13-6-4-3-5-7-13/h3-7,10-11H,8-9H2,1-2H3,(H,17,19)(H,18,20). The molecule has 0 aliphatic rings. The summed E-state index contributed by atoms with van der Waals surface area (Å²) in [5.41, 5.74) is 2.16. The van der Waals surface area contributed by atoms with Gasteiger partial charge in [0.15, 0.2) is 0 Å². The second-order valence-electron chi connectivity index (χ2n) is 4.54. The van der Waals surface area contributed by atoms with Gasteiger partial charge in [0.25, 0.3) is 5.91 Å². The van der Waals surface area contributed by atoms with E-state index in [9.17, 15) is 4.79 Å². The highest BCUT2D eigenvalue weighted by atomic mass is 16.5. The van der Waals surface area contributed by atoms with Crippen molar-refractivity contribution in [2.75, 3.05) is 25.5 Å². The first-order valence-corrected chi connectivity index (χ1v) is 6.81. The summed E-state index contributed by atoms with van der Waals surface area (Å²) in [6, 6.07) is 11.3. The van der Waals surface area contributed by atoms with E-state index >= 15 is 0 Å². The van der Waals surface area contributed by atoms with E-state index in [0.717, 1.165) is 17.1 Å². The molecular formula is C16H19N3O2. The zero-order valence-electron chi connectivity index (χ0n) is 12.2. The molecule has 2 aromatic rings. The number of carbonyl (C=O) groups is 1. The normalized spacial score (nSPS) is 10.0. The Bertz CT molecular complexity index is 600. The van der Waals surface area contributed by atoms with Gasteiger partial charge >= 0.3 is 0 Å². The Kier molecular flexibility index (Phi) is 5.15. The van der Waals surface area contributed by atoms with Crippen LogP contribution in [0, 0.1) is 6.92 Å². The molecule has 2 N–H and O–H groups in total. The van der Waals surface area contributed by atoms with Crippen molar-refractivity contribution in [2.45, 2.75) is 6.92 Å². The van der Waals surface area contributed by atoms with Gasteiger partial charge in [-0.3, -0.25) is 9.78 Å². The Hall–Kier alpha value is -2.56. The lowest BCUT2D eigenvalue weighted by Crippen LogP contribution is -2.28. The highest BCUT2D eigenvalue weighted by Crippen LogP contribution is 2.14. The van der Waals surface area contributed by atoms with Crippen molar-refractivity contribution in [3.8, 4) is 5.75 Å². The Balaban J connectivity index is 1.85. The molecule has 0 fully saturated rings. The number of hydrogen-bond acceptors (Lipinski definition) is 4.